The summed E-state index contributed by atoms with van der Waals surface area (Å²) in [7, 11) is 0. The normalized spacial score (nSPS) is 10.6. The molecule has 0 atom stereocenters. The van der Waals surface area contributed by atoms with Crippen LogP contribution in [0.1, 0.15) is 30.2 Å². The zero-order valence-corrected chi connectivity index (χ0v) is 9.98. The molecule has 0 spiro atoms. The van der Waals surface area contributed by atoms with Crippen molar-refractivity contribution >= 4 is 0 Å². The van der Waals surface area contributed by atoms with Gasteiger partial charge in [0.2, 0.25) is 0 Å². The molecule has 0 fully saturated rings. The second-order valence-electron chi connectivity index (χ2n) is 4.22. The summed E-state index contributed by atoms with van der Waals surface area (Å²) < 4.78 is 1.98. The maximum Gasteiger partial charge on any atom is 0.0659 e. The molecule has 2 aromatic rings. The van der Waals surface area contributed by atoms with E-state index in [1.807, 2.05) is 23.9 Å². The summed E-state index contributed by atoms with van der Waals surface area (Å²) in [5.74, 6) is 0. The van der Waals surface area contributed by atoms with Crippen LogP contribution in [-0.4, -0.2) is 9.78 Å². The third-order valence-corrected chi connectivity index (χ3v) is 2.68. The molecule has 16 heavy (non-hydrogen) atoms. The fourth-order valence-corrected chi connectivity index (χ4v) is 1.84. The highest BCUT2D eigenvalue weighted by atomic mass is 15.3. The van der Waals surface area contributed by atoms with Crippen LogP contribution in [0.25, 0.3) is 0 Å². The van der Waals surface area contributed by atoms with Crippen LogP contribution < -0.4 is 0 Å². The van der Waals surface area contributed by atoms with E-state index in [0.29, 0.717) is 0 Å². The molecule has 0 amide bonds. The van der Waals surface area contributed by atoms with E-state index in [1.165, 1.54) is 24.0 Å². The van der Waals surface area contributed by atoms with Crippen molar-refractivity contribution in [2.24, 2.45) is 0 Å². The first-order chi connectivity index (χ1) is 7.78. The van der Waals surface area contributed by atoms with Crippen molar-refractivity contribution in [3.63, 3.8) is 0 Å². The summed E-state index contributed by atoms with van der Waals surface area (Å²) >= 11 is 0. The topological polar surface area (TPSA) is 17.8 Å². The number of aryl methyl sites for hydroxylation is 2. The minimum atomic E-state index is 0.861. The molecular formula is C14H18N2. The van der Waals surface area contributed by atoms with Crippen LogP contribution in [0, 0.1) is 6.92 Å². The molecule has 0 aliphatic heterocycles. The Hall–Kier alpha value is -1.57. The molecule has 2 heteroatoms. The molecule has 0 radical (unpaired) electrons. The van der Waals surface area contributed by atoms with Crippen molar-refractivity contribution in [1.82, 2.24) is 9.78 Å². The molecule has 0 N–H and O–H groups in total. The number of rotatable bonds is 4. The van der Waals surface area contributed by atoms with Gasteiger partial charge in [-0.3, -0.25) is 4.68 Å². The Morgan fingerprint density at radius 1 is 1.06 bits per heavy atom. The summed E-state index contributed by atoms with van der Waals surface area (Å²) in [6.07, 6.45) is 4.40. The third-order valence-electron chi connectivity index (χ3n) is 2.68. The fraction of sp³-hybridized carbons (Fsp3) is 0.357. The molecule has 0 saturated carbocycles. The van der Waals surface area contributed by atoms with Gasteiger partial charge >= 0.3 is 0 Å². The van der Waals surface area contributed by atoms with Crippen LogP contribution in [0.5, 0.6) is 0 Å². The van der Waals surface area contributed by atoms with Gasteiger partial charge in [-0.15, -0.1) is 0 Å². The second kappa shape index (κ2) is 4.97. The predicted octanol–water partition coefficient (Wildman–Crippen LogP) is 3.19. The quantitative estimate of drug-likeness (QED) is 0.764. The SMILES string of the molecule is CCCc1ccc(Cn2ccc(C)n2)cc1. The van der Waals surface area contributed by atoms with Crippen LogP contribution in [0.4, 0.5) is 0 Å². The third kappa shape index (κ3) is 2.72. The van der Waals surface area contributed by atoms with Gasteiger partial charge in [0.25, 0.3) is 0 Å². The van der Waals surface area contributed by atoms with E-state index in [4.69, 9.17) is 0 Å². The first kappa shape index (κ1) is 10.9. The lowest BCUT2D eigenvalue weighted by molar-refractivity contribution is 0.679. The Balaban J connectivity index is 2.05. The van der Waals surface area contributed by atoms with Gasteiger partial charge in [-0.1, -0.05) is 37.6 Å². The summed E-state index contributed by atoms with van der Waals surface area (Å²) in [5.41, 5.74) is 3.80. The lowest BCUT2D eigenvalue weighted by Gasteiger charge is -2.03. The lowest BCUT2D eigenvalue weighted by atomic mass is 10.1. The van der Waals surface area contributed by atoms with Crippen LogP contribution in [0.3, 0.4) is 0 Å². The zero-order chi connectivity index (χ0) is 11.4. The van der Waals surface area contributed by atoms with E-state index in [-0.39, 0.29) is 0 Å². The summed E-state index contributed by atoms with van der Waals surface area (Å²) in [6, 6.07) is 10.9. The molecule has 1 aromatic carbocycles. The highest BCUT2D eigenvalue weighted by Crippen LogP contribution is 2.08. The van der Waals surface area contributed by atoms with Crippen molar-refractivity contribution in [1.29, 1.82) is 0 Å². The van der Waals surface area contributed by atoms with Gasteiger partial charge in [0.15, 0.2) is 0 Å². The van der Waals surface area contributed by atoms with Gasteiger partial charge < -0.3 is 0 Å². The molecule has 2 nitrogen and oxygen atoms in total. The van der Waals surface area contributed by atoms with Gasteiger partial charge in [0, 0.05) is 6.20 Å². The Morgan fingerprint density at radius 3 is 2.31 bits per heavy atom. The van der Waals surface area contributed by atoms with E-state index in [0.717, 1.165) is 12.2 Å². The van der Waals surface area contributed by atoms with Gasteiger partial charge in [0.05, 0.1) is 12.2 Å². The molecule has 1 aromatic heterocycles. The van der Waals surface area contributed by atoms with Gasteiger partial charge in [0.1, 0.15) is 0 Å². The molecule has 1 heterocycles. The predicted molar refractivity (Wildman–Crippen MR) is 66.5 cm³/mol. The average molecular weight is 214 g/mol. The minimum Gasteiger partial charge on any atom is -0.268 e. The number of hydrogen-bond acceptors (Lipinski definition) is 1. The molecule has 0 aliphatic rings. The van der Waals surface area contributed by atoms with E-state index >= 15 is 0 Å². The Bertz CT molecular complexity index is 440. The monoisotopic (exact) mass is 214 g/mol. The molecule has 0 unspecified atom stereocenters. The molecule has 2 rings (SSSR count). The maximum absolute atomic E-state index is 4.38. The van der Waals surface area contributed by atoms with E-state index in [9.17, 15) is 0 Å². The minimum absolute atomic E-state index is 0.861. The van der Waals surface area contributed by atoms with Crippen LogP contribution >= 0.6 is 0 Å². The first-order valence-corrected chi connectivity index (χ1v) is 5.86. The summed E-state index contributed by atoms with van der Waals surface area (Å²) in [6.45, 7) is 5.08. The van der Waals surface area contributed by atoms with Crippen molar-refractivity contribution in [2.45, 2.75) is 33.2 Å². The van der Waals surface area contributed by atoms with Crippen LogP contribution in [-0.2, 0) is 13.0 Å². The van der Waals surface area contributed by atoms with Crippen LogP contribution in [0.15, 0.2) is 36.5 Å². The van der Waals surface area contributed by atoms with E-state index in [1.54, 1.807) is 0 Å². The Labute approximate surface area is 96.9 Å². The summed E-state index contributed by atoms with van der Waals surface area (Å²) in [5, 5.41) is 4.38. The first-order valence-electron chi connectivity index (χ1n) is 5.86. The number of nitrogens with zero attached hydrogens (tertiary/aromatic N) is 2. The molecule has 84 valence electrons. The highest BCUT2D eigenvalue weighted by molar-refractivity contribution is 5.22. The van der Waals surface area contributed by atoms with Gasteiger partial charge in [-0.2, -0.15) is 5.10 Å². The largest absolute Gasteiger partial charge is 0.268 e. The van der Waals surface area contributed by atoms with Crippen molar-refractivity contribution in [3.05, 3.63) is 53.3 Å². The second-order valence-corrected chi connectivity index (χ2v) is 4.22. The maximum atomic E-state index is 4.38. The van der Waals surface area contributed by atoms with E-state index < -0.39 is 0 Å². The standard InChI is InChI=1S/C14H18N2/c1-3-4-13-5-7-14(8-6-13)11-16-10-9-12(2)15-16/h5-10H,3-4,11H2,1-2H3. The fourth-order valence-electron chi connectivity index (χ4n) is 1.84. The molecule has 0 aliphatic carbocycles. The summed E-state index contributed by atoms with van der Waals surface area (Å²) in [4.78, 5) is 0. The number of benzene rings is 1. The van der Waals surface area contributed by atoms with Gasteiger partial charge in [-0.25, -0.2) is 0 Å². The zero-order valence-electron chi connectivity index (χ0n) is 9.98. The Kier molecular flexibility index (Phi) is 3.40. The molecular weight excluding hydrogens is 196 g/mol. The average Bonchev–Trinajstić information content (AvgIpc) is 2.67. The van der Waals surface area contributed by atoms with Gasteiger partial charge in [-0.05, 0) is 30.5 Å². The van der Waals surface area contributed by atoms with Crippen LogP contribution in [0.2, 0.25) is 0 Å². The smallest absolute Gasteiger partial charge is 0.0659 e. The van der Waals surface area contributed by atoms with E-state index in [2.05, 4.69) is 36.3 Å². The highest BCUT2D eigenvalue weighted by Gasteiger charge is 1.97. The van der Waals surface area contributed by atoms with Crippen molar-refractivity contribution in [2.75, 3.05) is 0 Å². The van der Waals surface area contributed by atoms with Crippen molar-refractivity contribution in [3.8, 4) is 0 Å². The molecule has 0 saturated heterocycles. The number of hydrogen-bond donors (Lipinski definition) is 0. The lowest BCUT2D eigenvalue weighted by Crippen LogP contribution is -2.00. The Morgan fingerprint density at radius 2 is 1.75 bits per heavy atom. The number of aromatic nitrogens is 2. The molecule has 0 bridgehead atoms. The van der Waals surface area contributed by atoms with Crippen molar-refractivity contribution < 1.29 is 0 Å².